The highest BCUT2D eigenvalue weighted by Crippen LogP contribution is 2.34. The van der Waals surface area contributed by atoms with E-state index in [9.17, 15) is 4.79 Å². The normalized spacial score (nSPS) is 11.3. The largest absolute Gasteiger partial charge is 0.493 e. The van der Waals surface area contributed by atoms with Gasteiger partial charge in [-0.2, -0.15) is 0 Å². The molecule has 0 aliphatic heterocycles. The highest BCUT2D eigenvalue weighted by molar-refractivity contribution is 5.98. The fraction of sp³-hybridized carbons (Fsp3) is 0.381. The van der Waals surface area contributed by atoms with Gasteiger partial charge < -0.3 is 14.8 Å². The maximum atomic E-state index is 12.8. The van der Waals surface area contributed by atoms with E-state index < -0.39 is 5.41 Å². The van der Waals surface area contributed by atoms with Crippen molar-refractivity contribution in [3.63, 3.8) is 0 Å². The van der Waals surface area contributed by atoms with Gasteiger partial charge in [-0.15, -0.1) is 0 Å². The number of hydrogen-bond donors (Lipinski definition) is 1. The predicted octanol–water partition coefficient (Wildman–Crippen LogP) is 4.74. The first kappa shape index (κ1) is 18.8. The SMILES string of the molecule is COc1ccc(C(C)(C)C(=O)Nc2ccc(C(C)C)cc2)cc1OC. The fourth-order valence-corrected chi connectivity index (χ4v) is 2.59. The van der Waals surface area contributed by atoms with Crippen molar-refractivity contribution in [2.75, 3.05) is 19.5 Å². The molecule has 0 fully saturated rings. The molecule has 0 heterocycles. The lowest BCUT2D eigenvalue weighted by Crippen LogP contribution is -2.34. The summed E-state index contributed by atoms with van der Waals surface area (Å²) in [5.41, 5.74) is 2.19. The molecule has 1 N–H and O–H groups in total. The number of methoxy groups -OCH3 is 2. The second-order valence-corrected chi connectivity index (χ2v) is 6.93. The van der Waals surface area contributed by atoms with Crippen molar-refractivity contribution in [2.45, 2.75) is 39.0 Å². The van der Waals surface area contributed by atoms with Crippen molar-refractivity contribution >= 4 is 11.6 Å². The molecule has 0 aliphatic rings. The Morgan fingerprint density at radius 3 is 2.08 bits per heavy atom. The standard InChI is InChI=1S/C21H27NO3/c1-14(2)15-7-10-17(11-8-15)22-20(23)21(3,4)16-9-12-18(24-5)19(13-16)25-6/h7-14H,1-6H3,(H,22,23). The van der Waals surface area contributed by atoms with Crippen molar-refractivity contribution in [3.05, 3.63) is 53.6 Å². The molecule has 0 unspecified atom stereocenters. The van der Waals surface area contributed by atoms with Crippen molar-refractivity contribution in [1.29, 1.82) is 0 Å². The number of benzene rings is 2. The number of carbonyl (C=O) groups excluding carboxylic acids is 1. The molecule has 0 radical (unpaired) electrons. The second kappa shape index (κ2) is 7.60. The summed E-state index contributed by atoms with van der Waals surface area (Å²) in [6.07, 6.45) is 0. The minimum absolute atomic E-state index is 0.0722. The Morgan fingerprint density at radius 2 is 1.56 bits per heavy atom. The van der Waals surface area contributed by atoms with Gasteiger partial charge in [0.15, 0.2) is 11.5 Å². The van der Waals surface area contributed by atoms with Crippen molar-refractivity contribution in [1.82, 2.24) is 0 Å². The fourth-order valence-electron chi connectivity index (χ4n) is 2.59. The minimum atomic E-state index is -0.712. The Hall–Kier alpha value is -2.49. The monoisotopic (exact) mass is 341 g/mol. The number of carbonyl (C=O) groups is 1. The van der Waals surface area contributed by atoms with E-state index in [4.69, 9.17) is 9.47 Å². The summed E-state index contributed by atoms with van der Waals surface area (Å²) in [5.74, 6) is 1.65. The Bertz CT molecular complexity index is 733. The molecule has 0 aliphatic carbocycles. The Kier molecular flexibility index (Phi) is 5.73. The number of amides is 1. The lowest BCUT2D eigenvalue weighted by Gasteiger charge is -2.25. The highest BCUT2D eigenvalue weighted by Gasteiger charge is 2.30. The highest BCUT2D eigenvalue weighted by atomic mass is 16.5. The first-order valence-corrected chi connectivity index (χ1v) is 8.43. The molecule has 25 heavy (non-hydrogen) atoms. The molecule has 0 aromatic heterocycles. The first-order valence-electron chi connectivity index (χ1n) is 8.43. The van der Waals surface area contributed by atoms with Crippen LogP contribution >= 0.6 is 0 Å². The molecule has 0 saturated heterocycles. The Morgan fingerprint density at radius 1 is 0.960 bits per heavy atom. The van der Waals surface area contributed by atoms with Crippen LogP contribution < -0.4 is 14.8 Å². The van der Waals surface area contributed by atoms with Crippen LogP contribution in [0.3, 0.4) is 0 Å². The van der Waals surface area contributed by atoms with Gasteiger partial charge in [0.2, 0.25) is 5.91 Å². The number of nitrogens with one attached hydrogen (secondary N) is 1. The maximum absolute atomic E-state index is 12.8. The van der Waals surface area contributed by atoms with E-state index in [2.05, 4.69) is 19.2 Å². The Labute approximate surface area is 150 Å². The molecular formula is C21H27NO3. The number of hydrogen-bond acceptors (Lipinski definition) is 3. The zero-order valence-corrected chi connectivity index (χ0v) is 15.8. The molecule has 4 heteroatoms. The zero-order chi connectivity index (χ0) is 18.6. The predicted molar refractivity (Wildman–Crippen MR) is 102 cm³/mol. The van der Waals surface area contributed by atoms with Crippen LogP contribution in [0.25, 0.3) is 0 Å². The molecule has 2 aromatic carbocycles. The zero-order valence-electron chi connectivity index (χ0n) is 15.8. The van der Waals surface area contributed by atoms with Crippen LogP contribution in [0.1, 0.15) is 44.7 Å². The van der Waals surface area contributed by atoms with E-state index in [1.807, 2.05) is 56.3 Å². The van der Waals surface area contributed by atoms with Gasteiger partial charge in [-0.05, 0) is 55.2 Å². The number of anilines is 1. The number of rotatable bonds is 6. The smallest absolute Gasteiger partial charge is 0.234 e. The topological polar surface area (TPSA) is 47.6 Å². The van der Waals surface area contributed by atoms with Gasteiger partial charge in [-0.1, -0.05) is 32.0 Å². The van der Waals surface area contributed by atoms with Crippen LogP contribution in [0.4, 0.5) is 5.69 Å². The summed E-state index contributed by atoms with van der Waals surface area (Å²) in [6.45, 7) is 8.08. The van der Waals surface area contributed by atoms with Crippen LogP contribution in [0.15, 0.2) is 42.5 Å². The maximum Gasteiger partial charge on any atom is 0.234 e. The van der Waals surface area contributed by atoms with E-state index in [0.717, 1.165) is 11.3 Å². The first-order chi connectivity index (χ1) is 11.8. The van der Waals surface area contributed by atoms with Crippen LogP contribution in [0.5, 0.6) is 11.5 Å². The van der Waals surface area contributed by atoms with E-state index in [0.29, 0.717) is 17.4 Å². The summed E-state index contributed by atoms with van der Waals surface area (Å²) >= 11 is 0. The molecule has 1 amide bonds. The molecule has 0 bridgehead atoms. The van der Waals surface area contributed by atoms with Crippen molar-refractivity contribution < 1.29 is 14.3 Å². The molecule has 0 saturated carbocycles. The van der Waals surface area contributed by atoms with Crippen LogP contribution in [0.2, 0.25) is 0 Å². The van der Waals surface area contributed by atoms with Gasteiger partial charge in [0.25, 0.3) is 0 Å². The van der Waals surface area contributed by atoms with Gasteiger partial charge in [0.05, 0.1) is 19.6 Å². The summed E-state index contributed by atoms with van der Waals surface area (Å²) in [6, 6.07) is 13.5. The molecular weight excluding hydrogens is 314 g/mol. The van der Waals surface area contributed by atoms with E-state index in [-0.39, 0.29) is 5.91 Å². The van der Waals surface area contributed by atoms with Crippen LogP contribution in [-0.2, 0) is 10.2 Å². The molecule has 0 spiro atoms. The third-order valence-electron chi connectivity index (χ3n) is 4.51. The quantitative estimate of drug-likeness (QED) is 0.825. The summed E-state index contributed by atoms with van der Waals surface area (Å²) in [7, 11) is 3.18. The Balaban J connectivity index is 2.22. The van der Waals surface area contributed by atoms with E-state index in [1.165, 1.54) is 5.56 Å². The van der Waals surface area contributed by atoms with Gasteiger partial charge in [0.1, 0.15) is 0 Å². The lowest BCUT2D eigenvalue weighted by atomic mass is 9.83. The summed E-state index contributed by atoms with van der Waals surface area (Å²) < 4.78 is 10.6. The van der Waals surface area contributed by atoms with Crippen molar-refractivity contribution in [2.24, 2.45) is 0 Å². The van der Waals surface area contributed by atoms with E-state index >= 15 is 0 Å². The number of ether oxygens (including phenoxy) is 2. The minimum Gasteiger partial charge on any atom is -0.493 e. The third kappa shape index (κ3) is 4.13. The molecule has 134 valence electrons. The molecule has 2 aromatic rings. The molecule has 2 rings (SSSR count). The van der Waals surface area contributed by atoms with E-state index in [1.54, 1.807) is 14.2 Å². The van der Waals surface area contributed by atoms with Gasteiger partial charge in [-0.25, -0.2) is 0 Å². The van der Waals surface area contributed by atoms with Crippen molar-refractivity contribution in [3.8, 4) is 11.5 Å². The van der Waals surface area contributed by atoms with Gasteiger partial charge >= 0.3 is 0 Å². The summed E-state index contributed by atoms with van der Waals surface area (Å²) in [5, 5.41) is 3.00. The average Bonchev–Trinajstić information content (AvgIpc) is 2.61. The lowest BCUT2D eigenvalue weighted by molar-refractivity contribution is -0.120. The average molecular weight is 341 g/mol. The van der Waals surface area contributed by atoms with Gasteiger partial charge in [-0.3, -0.25) is 4.79 Å². The second-order valence-electron chi connectivity index (χ2n) is 6.93. The van der Waals surface area contributed by atoms with Gasteiger partial charge in [0, 0.05) is 5.69 Å². The molecule has 4 nitrogen and oxygen atoms in total. The third-order valence-corrected chi connectivity index (χ3v) is 4.51. The van der Waals surface area contributed by atoms with Crippen LogP contribution in [0, 0.1) is 0 Å². The van der Waals surface area contributed by atoms with Crippen LogP contribution in [-0.4, -0.2) is 20.1 Å². The molecule has 0 atom stereocenters. The summed E-state index contributed by atoms with van der Waals surface area (Å²) in [4.78, 5) is 12.8.